The van der Waals surface area contributed by atoms with Crippen LogP contribution in [0.5, 0.6) is 0 Å². The van der Waals surface area contributed by atoms with E-state index in [0.29, 0.717) is 6.61 Å². The molecule has 0 aliphatic rings. The minimum absolute atomic E-state index is 0.0217. The second-order valence-electron chi connectivity index (χ2n) is 5.63. The van der Waals surface area contributed by atoms with Crippen molar-refractivity contribution >= 4 is 25.6 Å². The fourth-order valence-electron chi connectivity index (χ4n) is 1.46. The molecule has 0 bridgehead atoms. The number of rotatable bonds is 6. The van der Waals surface area contributed by atoms with Crippen LogP contribution in [-0.2, 0) is 11.5 Å². The van der Waals surface area contributed by atoms with Crippen LogP contribution >= 0.6 is 11.6 Å². The fourth-order valence-corrected chi connectivity index (χ4v) is 2.49. The van der Waals surface area contributed by atoms with Gasteiger partial charge in [-0.25, -0.2) is 5.84 Å². The minimum Gasteiger partial charge on any atom is -0.361 e. The van der Waals surface area contributed by atoms with E-state index in [0.717, 1.165) is 6.04 Å². The van der Waals surface area contributed by atoms with Crippen molar-refractivity contribution in [2.45, 2.75) is 32.4 Å². The Morgan fingerprint density at radius 2 is 2.10 bits per heavy atom. The van der Waals surface area contributed by atoms with E-state index in [9.17, 15) is 9.59 Å². The highest BCUT2D eigenvalue weighted by Gasteiger charge is 2.15. The van der Waals surface area contributed by atoms with Crippen molar-refractivity contribution in [3.8, 4) is 0 Å². The molecule has 0 fully saturated rings. The molecule has 0 spiro atoms. The average Bonchev–Trinajstić information content (AvgIpc) is 2.35. The minimum atomic E-state index is -1.18. The summed E-state index contributed by atoms with van der Waals surface area (Å²) >= 11 is 6.03. The lowest BCUT2D eigenvalue weighted by Crippen LogP contribution is -2.32. The van der Waals surface area contributed by atoms with Crippen LogP contribution < -0.4 is 16.8 Å². The second-order valence-corrected chi connectivity index (χ2v) is 11.6. The van der Waals surface area contributed by atoms with Gasteiger partial charge < -0.3 is 4.74 Å². The quantitative estimate of drug-likeness (QED) is 0.207. The topological polar surface area (TPSA) is 86.3 Å². The molecule has 6 nitrogen and oxygen atoms in total. The second kappa shape index (κ2) is 7.03. The first-order valence-electron chi connectivity index (χ1n) is 6.24. The smallest absolute Gasteiger partial charge is 0.268 e. The van der Waals surface area contributed by atoms with Gasteiger partial charge in [-0.2, -0.15) is 0 Å². The lowest BCUT2D eigenvalue weighted by atomic mass is 10.2. The van der Waals surface area contributed by atoms with Gasteiger partial charge >= 0.3 is 0 Å². The summed E-state index contributed by atoms with van der Waals surface area (Å²) in [5, 5.41) is 0.0217. The van der Waals surface area contributed by atoms with E-state index in [2.05, 4.69) is 19.6 Å². The molecule has 1 heterocycles. The summed E-state index contributed by atoms with van der Waals surface area (Å²) in [7, 11) is -1.18. The molecule has 0 saturated carbocycles. The van der Waals surface area contributed by atoms with Gasteiger partial charge in [-0.1, -0.05) is 31.2 Å². The maximum absolute atomic E-state index is 11.7. The number of halogens is 1. The predicted octanol–water partition coefficient (Wildman–Crippen LogP) is 1.42. The molecular weight excluding hydrogens is 298 g/mol. The number of carbonyl (C=O) groups excluding carboxylic acids is 1. The summed E-state index contributed by atoms with van der Waals surface area (Å²) in [4.78, 5) is 23.2. The number of hydrogen-bond acceptors (Lipinski definition) is 4. The van der Waals surface area contributed by atoms with Crippen molar-refractivity contribution in [3.05, 3.63) is 33.2 Å². The van der Waals surface area contributed by atoms with Gasteiger partial charge in [0.25, 0.3) is 11.5 Å². The largest absolute Gasteiger partial charge is 0.361 e. The van der Waals surface area contributed by atoms with Crippen LogP contribution in [0.1, 0.15) is 10.4 Å². The number of pyridine rings is 1. The van der Waals surface area contributed by atoms with Gasteiger partial charge in [-0.3, -0.25) is 19.6 Å². The number of ether oxygens (including phenoxy) is 1. The van der Waals surface area contributed by atoms with Crippen molar-refractivity contribution in [1.29, 1.82) is 0 Å². The Morgan fingerprint density at radius 1 is 1.45 bits per heavy atom. The number of nitrogens with two attached hydrogens (primary N) is 1. The van der Waals surface area contributed by atoms with E-state index in [1.54, 1.807) is 0 Å². The summed E-state index contributed by atoms with van der Waals surface area (Å²) < 4.78 is 6.68. The maximum Gasteiger partial charge on any atom is 0.268 e. The molecule has 1 rings (SSSR count). The average molecular weight is 318 g/mol. The third-order valence-corrected chi connectivity index (χ3v) is 4.82. The Morgan fingerprint density at radius 3 is 2.65 bits per heavy atom. The highest BCUT2D eigenvalue weighted by atomic mass is 35.5. The molecule has 0 saturated heterocycles. The number of nitrogens with one attached hydrogen (secondary N) is 1. The summed E-state index contributed by atoms with van der Waals surface area (Å²) in [6, 6.07) is 3.59. The first kappa shape index (κ1) is 16.9. The molecule has 1 amide bonds. The molecule has 20 heavy (non-hydrogen) atoms. The molecule has 8 heteroatoms. The standard InChI is InChI=1S/C12H20ClN3O3Si/c1-20(2,3)7-6-19-8-16-10(17)5-4-9(11(16)13)12(18)15-14/h4-5H,6-8,14H2,1-3H3,(H,15,18). The van der Waals surface area contributed by atoms with Crippen molar-refractivity contribution in [3.63, 3.8) is 0 Å². The number of hydrogen-bond donors (Lipinski definition) is 2. The van der Waals surface area contributed by atoms with Crippen LogP contribution in [0.15, 0.2) is 16.9 Å². The zero-order chi connectivity index (χ0) is 15.3. The lowest BCUT2D eigenvalue weighted by Gasteiger charge is -2.16. The molecule has 0 aromatic carbocycles. The van der Waals surface area contributed by atoms with Crippen LogP contribution in [0.25, 0.3) is 0 Å². The van der Waals surface area contributed by atoms with Gasteiger partial charge in [0.15, 0.2) is 0 Å². The monoisotopic (exact) mass is 317 g/mol. The van der Waals surface area contributed by atoms with Gasteiger partial charge in [0.1, 0.15) is 11.9 Å². The van der Waals surface area contributed by atoms with Gasteiger partial charge in [-0.15, -0.1) is 0 Å². The Bertz CT molecular complexity index is 540. The van der Waals surface area contributed by atoms with Gasteiger partial charge in [0.05, 0.1) is 5.56 Å². The molecular formula is C12H20ClN3O3Si. The van der Waals surface area contributed by atoms with Crippen LogP contribution in [0.2, 0.25) is 30.8 Å². The Labute approximate surface area is 123 Å². The maximum atomic E-state index is 11.7. The van der Waals surface area contributed by atoms with Crippen LogP contribution in [0, 0.1) is 0 Å². The Hall–Kier alpha value is -1.15. The van der Waals surface area contributed by atoms with Gasteiger partial charge in [-0.05, 0) is 12.1 Å². The fraction of sp³-hybridized carbons (Fsp3) is 0.500. The van der Waals surface area contributed by atoms with Gasteiger partial charge in [0.2, 0.25) is 0 Å². The molecule has 0 radical (unpaired) electrons. The predicted molar refractivity (Wildman–Crippen MR) is 81.5 cm³/mol. The summed E-state index contributed by atoms with van der Waals surface area (Å²) in [5.74, 6) is 4.51. The SMILES string of the molecule is C[Si](C)(C)CCOCn1c(Cl)c(C(=O)NN)ccc1=O. The number of amides is 1. The molecule has 0 atom stereocenters. The molecule has 0 unspecified atom stereocenters. The van der Waals surface area contributed by atoms with Crippen molar-refractivity contribution in [2.24, 2.45) is 5.84 Å². The van der Waals surface area contributed by atoms with Crippen LogP contribution in [0.4, 0.5) is 0 Å². The Kier molecular flexibility index (Phi) is 5.94. The van der Waals surface area contributed by atoms with E-state index in [4.69, 9.17) is 22.2 Å². The normalized spacial score (nSPS) is 11.4. The van der Waals surface area contributed by atoms with E-state index in [-0.39, 0.29) is 23.0 Å². The van der Waals surface area contributed by atoms with E-state index >= 15 is 0 Å². The summed E-state index contributed by atoms with van der Waals surface area (Å²) in [5.41, 5.74) is 1.80. The third kappa shape index (κ3) is 4.75. The van der Waals surface area contributed by atoms with Gasteiger partial charge in [0, 0.05) is 20.7 Å². The molecule has 1 aromatic heterocycles. The highest BCUT2D eigenvalue weighted by molar-refractivity contribution is 6.76. The molecule has 3 N–H and O–H groups in total. The van der Waals surface area contributed by atoms with Crippen LogP contribution in [0.3, 0.4) is 0 Å². The summed E-state index contributed by atoms with van der Waals surface area (Å²) in [6.45, 7) is 7.30. The lowest BCUT2D eigenvalue weighted by molar-refractivity contribution is 0.0841. The van der Waals surface area contributed by atoms with Crippen molar-refractivity contribution in [1.82, 2.24) is 9.99 Å². The first-order chi connectivity index (χ1) is 9.26. The van der Waals surface area contributed by atoms with Crippen LogP contribution in [-0.4, -0.2) is 25.2 Å². The number of carbonyl (C=O) groups is 1. The van der Waals surface area contributed by atoms with E-state index in [1.165, 1.54) is 16.7 Å². The Balaban J connectivity index is 2.80. The van der Waals surface area contributed by atoms with E-state index in [1.807, 2.05) is 5.43 Å². The first-order valence-corrected chi connectivity index (χ1v) is 10.3. The van der Waals surface area contributed by atoms with Crippen molar-refractivity contribution in [2.75, 3.05) is 6.61 Å². The molecule has 1 aromatic rings. The third-order valence-electron chi connectivity index (χ3n) is 2.71. The number of nitrogen functional groups attached to an aromatic ring is 1. The van der Waals surface area contributed by atoms with E-state index < -0.39 is 14.0 Å². The number of aromatic nitrogens is 1. The zero-order valence-electron chi connectivity index (χ0n) is 11.9. The molecule has 0 aliphatic carbocycles. The number of hydrazine groups is 1. The number of nitrogens with zero attached hydrogens (tertiary/aromatic N) is 1. The zero-order valence-corrected chi connectivity index (χ0v) is 13.7. The summed E-state index contributed by atoms with van der Waals surface area (Å²) in [6.07, 6.45) is 0. The molecule has 112 valence electrons. The highest BCUT2D eigenvalue weighted by Crippen LogP contribution is 2.14. The van der Waals surface area contributed by atoms with Crippen molar-refractivity contribution < 1.29 is 9.53 Å². The molecule has 0 aliphatic heterocycles.